The Hall–Kier alpha value is -1.87. The van der Waals surface area contributed by atoms with Gasteiger partial charge in [0.05, 0.1) is 24.0 Å². The van der Waals surface area contributed by atoms with E-state index < -0.39 is 5.97 Å². The normalized spacial score (nSPS) is 14.0. The summed E-state index contributed by atoms with van der Waals surface area (Å²) in [6.45, 7) is 3.76. The Bertz CT molecular complexity index is 808. The summed E-state index contributed by atoms with van der Waals surface area (Å²) in [5, 5.41) is 7.99. The highest BCUT2D eigenvalue weighted by molar-refractivity contribution is 8.01. The van der Waals surface area contributed by atoms with Crippen LogP contribution in [0.25, 0.3) is 0 Å². The molecule has 1 aliphatic rings. The number of thioether (sulfide) groups is 1. The van der Waals surface area contributed by atoms with Crippen LogP contribution in [0.15, 0.2) is 4.34 Å². The fourth-order valence-corrected chi connectivity index (χ4v) is 4.41. The third kappa shape index (κ3) is 3.05. The van der Waals surface area contributed by atoms with E-state index in [1.54, 1.807) is 0 Å². The van der Waals surface area contributed by atoms with Gasteiger partial charge < -0.3 is 15.0 Å². The minimum absolute atomic E-state index is 0.117. The Morgan fingerprint density at radius 3 is 2.50 bits per heavy atom. The fourth-order valence-electron chi connectivity index (χ4n) is 2.91. The number of nitrogens with zero attached hydrogens (tertiary/aromatic N) is 3. The molecule has 0 bridgehead atoms. The molecule has 0 spiro atoms. The predicted molar refractivity (Wildman–Crippen MR) is 92.9 cm³/mol. The van der Waals surface area contributed by atoms with E-state index in [1.807, 2.05) is 13.8 Å². The number of hydrogen-bond acceptors (Lipinski definition) is 8. The van der Waals surface area contributed by atoms with Gasteiger partial charge in [0.2, 0.25) is 5.13 Å². The van der Waals surface area contributed by atoms with Crippen molar-refractivity contribution in [3.05, 3.63) is 22.5 Å². The van der Waals surface area contributed by atoms with Crippen molar-refractivity contribution in [3.63, 3.8) is 0 Å². The third-order valence-electron chi connectivity index (χ3n) is 4.03. The van der Waals surface area contributed by atoms with Crippen molar-refractivity contribution in [1.29, 1.82) is 0 Å². The highest BCUT2D eigenvalue weighted by atomic mass is 32.2. The minimum atomic E-state index is -0.469. The summed E-state index contributed by atoms with van der Waals surface area (Å²) >= 11 is 2.51. The molecule has 24 heavy (non-hydrogen) atoms. The maximum absolute atomic E-state index is 12.8. The smallest absolute Gasteiger partial charge is 0.340 e. The first kappa shape index (κ1) is 17.0. The van der Waals surface area contributed by atoms with Crippen LogP contribution in [0, 0.1) is 13.8 Å². The monoisotopic (exact) mass is 366 g/mol. The molecule has 0 aromatic carbocycles. The molecular weight excluding hydrogens is 348 g/mol. The predicted octanol–water partition coefficient (Wildman–Crippen LogP) is 2.64. The summed E-state index contributed by atoms with van der Waals surface area (Å²) in [5.74, 6) is -0.411. The number of esters is 1. The van der Waals surface area contributed by atoms with Crippen molar-refractivity contribution in [2.75, 3.05) is 18.6 Å². The van der Waals surface area contributed by atoms with E-state index in [0.717, 1.165) is 24.2 Å². The number of aromatic nitrogens is 3. The molecule has 1 fully saturated rings. The van der Waals surface area contributed by atoms with Gasteiger partial charge >= 0.3 is 5.97 Å². The van der Waals surface area contributed by atoms with Crippen LogP contribution in [0.1, 0.15) is 51.0 Å². The number of hydrogen-bond donors (Lipinski definition) is 1. The van der Waals surface area contributed by atoms with E-state index in [4.69, 9.17) is 10.5 Å². The van der Waals surface area contributed by atoms with Crippen molar-refractivity contribution in [1.82, 2.24) is 14.8 Å². The Morgan fingerprint density at radius 1 is 1.29 bits per heavy atom. The zero-order chi connectivity index (χ0) is 17.4. The molecule has 0 amide bonds. The van der Waals surface area contributed by atoms with Crippen molar-refractivity contribution in [2.24, 2.45) is 0 Å². The number of Topliss-reactive ketones (excluding diaryl/α,β-unsaturated/α-hetero) is 1. The summed E-state index contributed by atoms with van der Waals surface area (Å²) in [7, 11) is 1.33. The maximum Gasteiger partial charge on any atom is 0.340 e. The third-order valence-corrected chi connectivity index (χ3v) is 5.91. The summed E-state index contributed by atoms with van der Waals surface area (Å²) in [6.07, 6.45) is 2.15. The van der Waals surface area contributed by atoms with Gasteiger partial charge in [-0.05, 0) is 26.7 Å². The number of ether oxygens (including phenoxy) is 1. The molecule has 2 aromatic heterocycles. The molecule has 0 unspecified atom stereocenters. The van der Waals surface area contributed by atoms with Gasteiger partial charge in [-0.1, -0.05) is 23.1 Å². The summed E-state index contributed by atoms with van der Waals surface area (Å²) in [4.78, 5) is 25.0. The van der Waals surface area contributed by atoms with Crippen molar-refractivity contribution >= 4 is 40.0 Å². The number of nitrogen functional groups attached to an aromatic ring is 1. The molecule has 1 saturated carbocycles. The zero-order valence-electron chi connectivity index (χ0n) is 13.7. The van der Waals surface area contributed by atoms with Gasteiger partial charge in [0.1, 0.15) is 0 Å². The lowest BCUT2D eigenvalue weighted by Gasteiger charge is -2.07. The Labute approximate surface area is 147 Å². The van der Waals surface area contributed by atoms with Crippen molar-refractivity contribution < 1.29 is 14.3 Å². The van der Waals surface area contributed by atoms with Crippen LogP contribution < -0.4 is 5.73 Å². The number of nitrogens with two attached hydrogens (primary N) is 1. The fraction of sp³-hybridized carbons (Fsp3) is 0.467. The van der Waals surface area contributed by atoms with Crippen molar-refractivity contribution in [3.8, 4) is 0 Å². The minimum Gasteiger partial charge on any atom is -0.465 e. The van der Waals surface area contributed by atoms with Crippen LogP contribution in [0.4, 0.5) is 5.13 Å². The lowest BCUT2D eigenvalue weighted by atomic mass is 10.1. The maximum atomic E-state index is 12.8. The van der Waals surface area contributed by atoms with Gasteiger partial charge in [-0.2, -0.15) is 0 Å². The van der Waals surface area contributed by atoms with Gasteiger partial charge in [-0.25, -0.2) is 4.79 Å². The molecule has 7 nitrogen and oxygen atoms in total. The first-order chi connectivity index (χ1) is 11.4. The van der Waals surface area contributed by atoms with Gasteiger partial charge in [0.15, 0.2) is 10.1 Å². The van der Waals surface area contributed by atoms with E-state index in [2.05, 4.69) is 14.8 Å². The molecule has 9 heteroatoms. The van der Waals surface area contributed by atoms with Crippen LogP contribution in [-0.2, 0) is 4.74 Å². The lowest BCUT2D eigenvalue weighted by Crippen LogP contribution is -2.12. The van der Waals surface area contributed by atoms with E-state index in [9.17, 15) is 9.59 Å². The van der Waals surface area contributed by atoms with Gasteiger partial charge in [0, 0.05) is 17.4 Å². The van der Waals surface area contributed by atoms with E-state index in [1.165, 1.54) is 30.2 Å². The van der Waals surface area contributed by atoms with Gasteiger partial charge in [0.25, 0.3) is 0 Å². The highest BCUT2D eigenvalue weighted by Gasteiger charge is 2.34. The topological polar surface area (TPSA) is 100 Å². The number of anilines is 1. The van der Waals surface area contributed by atoms with Gasteiger partial charge in [-0.15, -0.1) is 10.2 Å². The molecule has 0 saturated heterocycles. The standard InChI is InChI=1S/C15H18N4O3S2/c1-7-11(10(20)6-23-15-18-17-14(16)24-15)12(13(21)22-3)8(2)19(7)9-4-5-9/h9H,4-6H2,1-3H3,(H2,16,17). The average molecular weight is 366 g/mol. The van der Waals surface area contributed by atoms with Crippen LogP contribution in [0.3, 0.4) is 0 Å². The zero-order valence-corrected chi connectivity index (χ0v) is 15.3. The van der Waals surface area contributed by atoms with Crippen LogP contribution >= 0.6 is 23.1 Å². The van der Waals surface area contributed by atoms with Crippen LogP contribution in [0.2, 0.25) is 0 Å². The highest BCUT2D eigenvalue weighted by Crippen LogP contribution is 2.40. The number of methoxy groups -OCH3 is 1. The van der Waals surface area contributed by atoms with E-state index >= 15 is 0 Å². The second-order valence-corrected chi connectivity index (χ2v) is 7.86. The molecule has 3 rings (SSSR count). The summed E-state index contributed by atoms with van der Waals surface area (Å²) in [6, 6.07) is 0.380. The molecule has 0 aliphatic heterocycles. The quantitative estimate of drug-likeness (QED) is 0.476. The van der Waals surface area contributed by atoms with Crippen LogP contribution in [-0.4, -0.2) is 39.4 Å². The molecule has 0 atom stereocenters. The van der Waals surface area contributed by atoms with E-state index in [-0.39, 0.29) is 11.5 Å². The average Bonchev–Trinajstić information content (AvgIpc) is 3.24. The Kier molecular flexibility index (Phi) is 4.64. The summed E-state index contributed by atoms with van der Waals surface area (Å²) in [5.41, 5.74) is 8.01. The van der Waals surface area contributed by atoms with Gasteiger partial charge in [-0.3, -0.25) is 4.79 Å². The van der Waals surface area contributed by atoms with E-state index in [0.29, 0.717) is 26.6 Å². The summed E-state index contributed by atoms with van der Waals surface area (Å²) < 4.78 is 7.62. The number of ketones is 1. The molecule has 0 radical (unpaired) electrons. The molecular formula is C15H18N4O3S2. The molecule has 128 valence electrons. The van der Waals surface area contributed by atoms with Crippen molar-refractivity contribution in [2.45, 2.75) is 37.1 Å². The second-order valence-electron chi connectivity index (χ2n) is 5.63. The Morgan fingerprint density at radius 2 is 1.96 bits per heavy atom. The molecule has 2 N–H and O–H groups in total. The number of carbonyl (C=O) groups excluding carboxylic acids is 2. The Balaban J connectivity index is 1.91. The SMILES string of the molecule is COC(=O)c1c(C(=O)CSc2nnc(N)s2)c(C)n(C2CC2)c1C. The molecule has 1 aliphatic carbocycles. The molecule has 2 heterocycles. The first-order valence-electron chi connectivity index (χ1n) is 7.48. The molecule has 2 aromatic rings. The first-order valence-corrected chi connectivity index (χ1v) is 9.29. The lowest BCUT2D eigenvalue weighted by molar-refractivity contribution is 0.0596. The number of rotatable bonds is 6. The largest absolute Gasteiger partial charge is 0.465 e. The second kappa shape index (κ2) is 6.56. The van der Waals surface area contributed by atoms with Crippen LogP contribution in [0.5, 0.6) is 0 Å². The number of carbonyl (C=O) groups is 2.